The zero-order valence-corrected chi connectivity index (χ0v) is 14.5. The number of amides is 1. The van der Waals surface area contributed by atoms with Crippen LogP contribution < -0.4 is 0 Å². The van der Waals surface area contributed by atoms with Gasteiger partial charge in [0.15, 0.2) is 0 Å². The third-order valence-corrected chi connectivity index (χ3v) is 5.28. The molecule has 0 aliphatic carbocycles. The highest BCUT2D eigenvalue weighted by atomic mass is 32.1. The minimum Gasteiger partial charge on any atom is -0.481 e. The predicted octanol–water partition coefficient (Wildman–Crippen LogP) is 3.30. The Morgan fingerprint density at radius 2 is 2.08 bits per heavy atom. The Balaban J connectivity index is 1.83. The monoisotopic (exact) mass is 344 g/mol. The first-order valence-electron chi connectivity index (χ1n) is 7.99. The van der Waals surface area contributed by atoms with Crippen LogP contribution in [-0.4, -0.2) is 40.0 Å². The van der Waals surface area contributed by atoms with Crippen LogP contribution in [0.15, 0.2) is 29.6 Å². The Morgan fingerprint density at radius 1 is 1.29 bits per heavy atom. The minimum atomic E-state index is -0.831. The maximum atomic E-state index is 12.8. The number of carbonyl (C=O) groups is 2. The third kappa shape index (κ3) is 3.33. The number of likely N-dealkylation sites (tertiary alicyclic amines) is 1. The number of nitrogens with zero attached hydrogens (tertiary/aromatic N) is 2. The van der Waals surface area contributed by atoms with Crippen molar-refractivity contribution < 1.29 is 14.7 Å². The van der Waals surface area contributed by atoms with Crippen LogP contribution in [0.1, 0.15) is 29.4 Å². The number of aryl methyl sites for hydroxylation is 1. The minimum absolute atomic E-state index is 0.129. The summed E-state index contributed by atoms with van der Waals surface area (Å²) in [5.74, 6) is -1.27. The summed E-state index contributed by atoms with van der Waals surface area (Å²) < 4.78 is 0. The lowest BCUT2D eigenvalue weighted by Crippen LogP contribution is -2.45. The molecule has 3 heterocycles. The zero-order chi connectivity index (χ0) is 17.3. The fraction of sp³-hybridized carbons (Fsp3) is 0.389. The molecule has 0 spiro atoms. The van der Waals surface area contributed by atoms with Gasteiger partial charge >= 0.3 is 5.97 Å². The number of aliphatic carboxylic acids is 1. The zero-order valence-electron chi connectivity index (χ0n) is 13.7. The van der Waals surface area contributed by atoms with E-state index in [4.69, 9.17) is 0 Å². The van der Waals surface area contributed by atoms with Crippen LogP contribution >= 0.6 is 11.3 Å². The lowest BCUT2D eigenvalue weighted by Gasteiger charge is -2.34. The van der Waals surface area contributed by atoms with E-state index in [0.717, 1.165) is 10.6 Å². The van der Waals surface area contributed by atoms with Gasteiger partial charge in [0.2, 0.25) is 0 Å². The van der Waals surface area contributed by atoms with Crippen molar-refractivity contribution in [2.24, 2.45) is 11.8 Å². The van der Waals surface area contributed by atoms with Crippen molar-refractivity contribution in [2.45, 2.75) is 20.3 Å². The summed E-state index contributed by atoms with van der Waals surface area (Å²) in [5, 5.41) is 11.3. The first-order valence-corrected chi connectivity index (χ1v) is 8.87. The van der Waals surface area contributed by atoms with E-state index in [1.54, 1.807) is 22.3 Å². The van der Waals surface area contributed by atoms with E-state index in [0.29, 0.717) is 24.2 Å². The van der Waals surface area contributed by atoms with Gasteiger partial charge in [-0.3, -0.25) is 14.6 Å². The Bertz CT molecular complexity index is 758. The molecule has 24 heavy (non-hydrogen) atoms. The second-order valence-corrected chi connectivity index (χ2v) is 7.34. The van der Waals surface area contributed by atoms with Crippen LogP contribution in [0.2, 0.25) is 0 Å². The Morgan fingerprint density at radius 3 is 2.71 bits per heavy atom. The Hall–Kier alpha value is -2.21. The summed E-state index contributed by atoms with van der Waals surface area (Å²) in [6, 6.07) is 7.62. The largest absolute Gasteiger partial charge is 0.481 e. The van der Waals surface area contributed by atoms with Crippen LogP contribution in [0.5, 0.6) is 0 Å². The fourth-order valence-corrected chi connectivity index (χ4v) is 3.91. The molecule has 1 fully saturated rings. The summed E-state index contributed by atoms with van der Waals surface area (Å²) in [5.41, 5.74) is 2.08. The smallest absolute Gasteiger partial charge is 0.308 e. The second-order valence-electron chi connectivity index (χ2n) is 6.39. The highest BCUT2D eigenvalue weighted by Crippen LogP contribution is 2.26. The third-order valence-electron chi connectivity index (χ3n) is 4.39. The van der Waals surface area contributed by atoms with E-state index in [2.05, 4.69) is 4.98 Å². The summed E-state index contributed by atoms with van der Waals surface area (Å²) in [4.78, 5) is 31.4. The molecule has 0 radical (unpaired) electrons. The average molecular weight is 344 g/mol. The molecular formula is C18H20N2O3S. The molecule has 1 aliphatic rings. The van der Waals surface area contributed by atoms with Crippen molar-refractivity contribution in [3.63, 3.8) is 0 Å². The molecule has 1 aliphatic heterocycles. The topological polar surface area (TPSA) is 70.5 Å². The standard InChI is InChI=1S/C18H20N2O3S/c1-11-8-13(18(22)23)10-20(9-11)17(21)14-5-6-15(19-12(14)2)16-4-3-7-24-16/h3-7,11,13H,8-10H2,1-2H3,(H,22,23). The quantitative estimate of drug-likeness (QED) is 0.927. The molecule has 6 heteroatoms. The Kier molecular flexibility index (Phi) is 4.66. The van der Waals surface area contributed by atoms with Crippen molar-refractivity contribution in [3.05, 3.63) is 40.9 Å². The van der Waals surface area contributed by atoms with E-state index in [9.17, 15) is 14.7 Å². The number of hydrogen-bond acceptors (Lipinski definition) is 4. The molecule has 1 saturated heterocycles. The molecule has 126 valence electrons. The summed E-state index contributed by atoms with van der Waals surface area (Å²) >= 11 is 1.61. The number of thiophene rings is 1. The van der Waals surface area contributed by atoms with Crippen molar-refractivity contribution >= 4 is 23.2 Å². The lowest BCUT2D eigenvalue weighted by atomic mass is 9.90. The first-order chi connectivity index (χ1) is 11.5. The Labute approximate surface area is 145 Å². The average Bonchev–Trinajstić information content (AvgIpc) is 3.08. The maximum absolute atomic E-state index is 12.8. The molecule has 2 aromatic heterocycles. The maximum Gasteiger partial charge on any atom is 0.308 e. The molecule has 3 rings (SSSR count). The number of pyridine rings is 1. The summed E-state index contributed by atoms with van der Waals surface area (Å²) in [7, 11) is 0. The fourth-order valence-electron chi connectivity index (χ4n) is 3.22. The molecule has 1 amide bonds. The second kappa shape index (κ2) is 6.73. The van der Waals surface area contributed by atoms with Crippen molar-refractivity contribution in [2.75, 3.05) is 13.1 Å². The van der Waals surface area contributed by atoms with Crippen molar-refractivity contribution in [1.82, 2.24) is 9.88 Å². The van der Waals surface area contributed by atoms with Crippen LogP contribution in [-0.2, 0) is 4.79 Å². The van der Waals surface area contributed by atoms with Crippen LogP contribution in [0.3, 0.4) is 0 Å². The number of carboxylic acid groups (broad SMARTS) is 1. The summed E-state index contributed by atoms with van der Waals surface area (Å²) in [6.45, 7) is 4.67. The van der Waals surface area contributed by atoms with Gasteiger partial charge in [-0.05, 0) is 42.8 Å². The molecule has 0 bridgehead atoms. The van der Waals surface area contributed by atoms with Gasteiger partial charge in [0.05, 0.1) is 27.7 Å². The molecule has 2 atom stereocenters. The molecular weight excluding hydrogens is 324 g/mol. The first kappa shape index (κ1) is 16.6. The highest BCUT2D eigenvalue weighted by molar-refractivity contribution is 7.13. The number of carboxylic acids is 1. The van der Waals surface area contributed by atoms with Gasteiger partial charge in [-0.25, -0.2) is 0 Å². The van der Waals surface area contributed by atoms with Crippen LogP contribution in [0, 0.1) is 18.8 Å². The molecule has 0 aromatic carbocycles. The molecule has 5 nitrogen and oxygen atoms in total. The highest BCUT2D eigenvalue weighted by Gasteiger charge is 2.32. The van der Waals surface area contributed by atoms with Crippen LogP contribution in [0.4, 0.5) is 0 Å². The van der Waals surface area contributed by atoms with E-state index >= 15 is 0 Å². The van der Waals surface area contributed by atoms with Gasteiger partial charge in [0, 0.05) is 13.1 Å². The van der Waals surface area contributed by atoms with E-state index in [1.807, 2.05) is 37.4 Å². The van der Waals surface area contributed by atoms with Gasteiger partial charge in [0.25, 0.3) is 5.91 Å². The predicted molar refractivity (Wildman–Crippen MR) is 93.1 cm³/mol. The van der Waals surface area contributed by atoms with Gasteiger partial charge in [0.1, 0.15) is 0 Å². The van der Waals surface area contributed by atoms with Gasteiger partial charge in [-0.1, -0.05) is 13.0 Å². The molecule has 2 aromatic rings. The van der Waals surface area contributed by atoms with E-state index in [1.165, 1.54) is 0 Å². The number of carbonyl (C=O) groups excluding carboxylic acids is 1. The normalized spacial score (nSPS) is 20.8. The van der Waals surface area contributed by atoms with E-state index < -0.39 is 11.9 Å². The number of aromatic nitrogens is 1. The van der Waals surface area contributed by atoms with Crippen molar-refractivity contribution in [1.29, 1.82) is 0 Å². The van der Waals surface area contributed by atoms with Crippen LogP contribution in [0.25, 0.3) is 10.6 Å². The van der Waals surface area contributed by atoms with Crippen molar-refractivity contribution in [3.8, 4) is 10.6 Å². The van der Waals surface area contributed by atoms with E-state index in [-0.39, 0.29) is 18.4 Å². The van der Waals surface area contributed by atoms with Gasteiger partial charge in [-0.2, -0.15) is 0 Å². The number of hydrogen-bond donors (Lipinski definition) is 1. The lowest BCUT2D eigenvalue weighted by molar-refractivity contribution is -0.143. The van der Waals surface area contributed by atoms with Gasteiger partial charge < -0.3 is 10.0 Å². The number of piperidine rings is 1. The SMILES string of the molecule is Cc1nc(-c2cccs2)ccc1C(=O)N1CC(C)CC(C(=O)O)C1. The van der Waals surface area contributed by atoms with Gasteiger partial charge in [-0.15, -0.1) is 11.3 Å². The summed E-state index contributed by atoms with van der Waals surface area (Å²) in [6.07, 6.45) is 0.619. The molecule has 0 saturated carbocycles. The molecule has 2 unspecified atom stereocenters. The molecule has 1 N–H and O–H groups in total. The number of rotatable bonds is 3.